The maximum atomic E-state index is 12.9. The van der Waals surface area contributed by atoms with Crippen LogP contribution in [0.1, 0.15) is 10.4 Å². The van der Waals surface area contributed by atoms with Gasteiger partial charge in [-0.25, -0.2) is 4.79 Å². The largest absolute Gasteiger partial charge is 0.422 e. The highest BCUT2D eigenvalue weighted by Gasteiger charge is 2.25. The minimum Gasteiger partial charge on any atom is -0.422 e. The lowest BCUT2D eigenvalue weighted by molar-refractivity contribution is 0.0990. The van der Waals surface area contributed by atoms with Crippen LogP contribution in [0.2, 0.25) is 0 Å². The van der Waals surface area contributed by atoms with Gasteiger partial charge in [-0.3, -0.25) is 4.79 Å². The molecule has 0 bridgehead atoms. The van der Waals surface area contributed by atoms with Gasteiger partial charge in [0.15, 0.2) is 0 Å². The van der Waals surface area contributed by atoms with Crippen LogP contribution in [-0.2, 0) is 0 Å². The van der Waals surface area contributed by atoms with Gasteiger partial charge in [0.25, 0.3) is 11.8 Å². The molecular formula is C25H15N3O4S. The van der Waals surface area contributed by atoms with Gasteiger partial charge in [0.2, 0.25) is 5.82 Å². The van der Waals surface area contributed by atoms with Crippen LogP contribution in [0.5, 0.6) is 0 Å². The fourth-order valence-corrected chi connectivity index (χ4v) is 4.96. The van der Waals surface area contributed by atoms with Crippen molar-refractivity contribution in [2.75, 3.05) is 11.9 Å². The van der Waals surface area contributed by atoms with E-state index in [9.17, 15) is 9.59 Å². The highest BCUT2D eigenvalue weighted by atomic mass is 32.2. The Morgan fingerprint density at radius 3 is 2.61 bits per heavy atom. The molecule has 0 aliphatic carbocycles. The first kappa shape index (κ1) is 19.5. The number of nitrogens with zero attached hydrogens (tertiary/aromatic N) is 3. The van der Waals surface area contributed by atoms with Gasteiger partial charge in [-0.1, -0.05) is 47.3 Å². The number of amides is 1. The Bertz CT molecular complexity index is 1620. The molecule has 6 rings (SSSR count). The van der Waals surface area contributed by atoms with Crippen LogP contribution in [-0.4, -0.2) is 23.1 Å². The second-order valence-corrected chi connectivity index (χ2v) is 8.64. The Morgan fingerprint density at radius 1 is 0.879 bits per heavy atom. The predicted molar refractivity (Wildman–Crippen MR) is 125 cm³/mol. The highest BCUT2D eigenvalue weighted by molar-refractivity contribution is 7.99. The molecule has 3 heterocycles. The molecule has 0 atom stereocenters. The quantitative estimate of drug-likeness (QED) is 0.337. The minimum atomic E-state index is -0.543. The third-order valence-corrected chi connectivity index (χ3v) is 6.64. The summed E-state index contributed by atoms with van der Waals surface area (Å²) >= 11 is 1.51. The first-order valence-corrected chi connectivity index (χ1v) is 11.0. The van der Waals surface area contributed by atoms with Gasteiger partial charge in [-0.15, -0.1) is 0 Å². The molecule has 0 saturated heterocycles. The van der Waals surface area contributed by atoms with Gasteiger partial charge in [0.05, 0.1) is 11.3 Å². The first-order chi connectivity index (χ1) is 16.1. The molecule has 1 amide bonds. The van der Waals surface area contributed by atoms with Crippen LogP contribution in [0, 0.1) is 0 Å². The molecule has 1 aliphatic rings. The SMILES string of the molecule is CN1C(=O)c2ccccc2Sc2cc(-c3noc(-c4cc5ccccc5oc4=O)n3)ccc21. The fraction of sp³-hybridized carbons (Fsp3) is 0.0400. The lowest BCUT2D eigenvalue weighted by Gasteiger charge is -2.17. The second-order valence-electron chi connectivity index (χ2n) is 7.55. The van der Waals surface area contributed by atoms with Crippen LogP contribution in [0.25, 0.3) is 33.8 Å². The Labute approximate surface area is 191 Å². The summed E-state index contributed by atoms with van der Waals surface area (Å²) in [5, 5.41) is 4.84. The number of benzene rings is 3. The summed E-state index contributed by atoms with van der Waals surface area (Å²) in [7, 11) is 1.76. The van der Waals surface area contributed by atoms with Crippen LogP contribution in [0.3, 0.4) is 0 Å². The van der Waals surface area contributed by atoms with Crippen molar-refractivity contribution in [1.29, 1.82) is 0 Å². The number of carbonyl (C=O) groups excluding carboxylic acids is 1. The summed E-state index contributed by atoms with van der Waals surface area (Å²) in [5.74, 6) is 0.367. The van der Waals surface area contributed by atoms with Gasteiger partial charge in [0.1, 0.15) is 11.1 Å². The van der Waals surface area contributed by atoms with E-state index in [-0.39, 0.29) is 17.4 Å². The summed E-state index contributed by atoms with van der Waals surface area (Å²) in [6.45, 7) is 0. The molecule has 8 heteroatoms. The van der Waals surface area contributed by atoms with E-state index in [4.69, 9.17) is 8.94 Å². The van der Waals surface area contributed by atoms with Crippen molar-refractivity contribution in [3.63, 3.8) is 0 Å². The van der Waals surface area contributed by atoms with Crippen LogP contribution >= 0.6 is 11.8 Å². The summed E-state index contributed by atoms with van der Waals surface area (Å²) in [4.78, 5) is 33.2. The lowest BCUT2D eigenvalue weighted by Crippen LogP contribution is -2.25. The molecule has 1 aliphatic heterocycles. The van der Waals surface area contributed by atoms with Crippen LogP contribution < -0.4 is 10.5 Å². The van der Waals surface area contributed by atoms with Crippen molar-refractivity contribution >= 4 is 34.3 Å². The predicted octanol–water partition coefficient (Wildman–Crippen LogP) is 5.25. The number of anilines is 1. The van der Waals surface area contributed by atoms with E-state index < -0.39 is 5.63 Å². The number of hydrogen-bond donors (Lipinski definition) is 0. The monoisotopic (exact) mass is 453 g/mol. The average molecular weight is 453 g/mol. The van der Waals surface area contributed by atoms with Gasteiger partial charge >= 0.3 is 5.63 Å². The molecule has 0 spiro atoms. The van der Waals surface area contributed by atoms with E-state index >= 15 is 0 Å². The first-order valence-electron chi connectivity index (χ1n) is 10.1. The Kier molecular flexibility index (Phi) is 4.41. The van der Waals surface area contributed by atoms with Gasteiger partial charge in [0, 0.05) is 27.8 Å². The zero-order valence-corrected chi connectivity index (χ0v) is 18.1. The third-order valence-electron chi connectivity index (χ3n) is 5.52. The number of aromatic nitrogens is 2. The van der Waals surface area contributed by atoms with Gasteiger partial charge < -0.3 is 13.8 Å². The van der Waals surface area contributed by atoms with Crippen molar-refractivity contribution in [3.8, 4) is 22.8 Å². The number of carbonyl (C=O) groups is 1. The topological polar surface area (TPSA) is 89.4 Å². The van der Waals surface area contributed by atoms with E-state index in [2.05, 4.69) is 10.1 Å². The molecule has 160 valence electrons. The molecular weight excluding hydrogens is 438 g/mol. The molecule has 3 aromatic carbocycles. The highest BCUT2D eigenvalue weighted by Crippen LogP contribution is 2.42. The summed E-state index contributed by atoms with van der Waals surface area (Å²) < 4.78 is 10.8. The van der Waals surface area contributed by atoms with Crippen molar-refractivity contribution in [2.45, 2.75) is 9.79 Å². The summed E-state index contributed by atoms with van der Waals surface area (Å²) in [6.07, 6.45) is 0. The third kappa shape index (κ3) is 3.23. The van der Waals surface area contributed by atoms with Crippen molar-refractivity contribution in [3.05, 3.63) is 88.8 Å². The Morgan fingerprint density at radius 2 is 1.70 bits per heavy atom. The molecule has 0 unspecified atom stereocenters. The number of fused-ring (bicyclic) bond motifs is 3. The van der Waals surface area contributed by atoms with E-state index in [1.807, 2.05) is 54.6 Å². The number of hydrogen-bond acceptors (Lipinski definition) is 7. The molecule has 33 heavy (non-hydrogen) atoms. The zero-order valence-electron chi connectivity index (χ0n) is 17.3. The molecule has 2 aromatic heterocycles. The molecule has 5 aromatic rings. The van der Waals surface area contributed by atoms with Gasteiger partial charge in [-0.05, 0) is 42.5 Å². The molecule has 0 N–H and O–H groups in total. The molecule has 0 fully saturated rings. The summed E-state index contributed by atoms with van der Waals surface area (Å²) in [5.41, 5.74) is 2.32. The van der Waals surface area contributed by atoms with E-state index in [0.29, 0.717) is 22.5 Å². The maximum Gasteiger partial charge on any atom is 0.349 e. The zero-order chi connectivity index (χ0) is 22.5. The maximum absolute atomic E-state index is 12.9. The number of para-hydroxylation sites is 1. The van der Waals surface area contributed by atoms with E-state index in [1.165, 1.54) is 11.8 Å². The molecule has 0 saturated carbocycles. The van der Waals surface area contributed by atoms with E-state index in [0.717, 1.165) is 20.9 Å². The average Bonchev–Trinajstić information content (AvgIpc) is 3.29. The van der Waals surface area contributed by atoms with Crippen molar-refractivity contribution in [2.24, 2.45) is 0 Å². The van der Waals surface area contributed by atoms with Crippen LogP contribution in [0.15, 0.2) is 96.3 Å². The van der Waals surface area contributed by atoms with Crippen molar-refractivity contribution < 1.29 is 13.7 Å². The van der Waals surface area contributed by atoms with Crippen molar-refractivity contribution in [1.82, 2.24) is 10.1 Å². The minimum absolute atomic E-state index is 0.0607. The fourth-order valence-electron chi connectivity index (χ4n) is 3.81. The second kappa shape index (κ2) is 7.46. The normalized spacial score (nSPS) is 13.0. The van der Waals surface area contributed by atoms with Crippen LogP contribution in [0.4, 0.5) is 5.69 Å². The smallest absolute Gasteiger partial charge is 0.349 e. The summed E-state index contributed by atoms with van der Waals surface area (Å²) in [6, 6.07) is 22.1. The molecule has 7 nitrogen and oxygen atoms in total. The Hall–Kier alpha value is -4.17. The standard InChI is InChI=1S/C25H15N3O4S/c1-28-18-11-10-15(13-21(18)33-20-9-5-3-7-16(20)24(28)29)22-26-23(32-27-22)17-12-14-6-2-4-8-19(14)31-25(17)30/h2-13H,1H3. The number of rotatable bonds is 2. The van der Waals surface area contributed by atoms with Gasteiger partial charge in [-0.2, -0.15) is 4.98 Å². The Balaban J connectivity index is 1.41. The lowest BCUT2D eigenvalue weighted by atomic mass is 10.1. The molecule has 0 radical (unpaired) electrons. The van der Waals surface area contributed by atoms with E-state index in [1.54, 1.807) is 30.1 Å².